The molecule has 2 fully saturated rings. The Balaban J connectivity index is 1.51. The average molecular weight is 306 g/mol. The summed E-state index contributed by atoms with van der Waals surface area (Å²) in [6, 6.07) is 9.92. The Labute approximate surface area is 134 Å². The first-order valence-electron chi connectivity index (χ1n) is 8.65. The van der Waals surface area contributed by atoms with E-state index in [0.717, 1.165) is 34.9 Å². The molecule has 0 radical (unpaired) electrons. The van der Waals surface area contributed by atoms with Crippen LogP contribution in [0.15, 0.2) is 24.3 Å². The predicted octanol–water partition coefficient (Wildman–Crippen LogP) is 5.39. The first kappa shape index (κ1) is 15.4. The van der Waals surface area contributed by atoms with Crippen LogP contribution >= 0.6 is 11.6 Å². The van der Waals surface area contributed by atoms with E-state index in [-0.39, 0.29) is 0 Å². The molecule has 2 aliphatic carbocycles. The minimum atomic E-state index is 0.732. The molecule has 1 aromatic rings. The molecule has 1 nitrogen and oxygen atoms in total. The summed E-state index contributed by atoms with van der Waals surface area (Å²) < 4.78 is 0. The minimum absolute atomic E-state index is 0.732. The van der Waals surface area contributed by atoms with Gasteiger partial charge in [-0.05, 0) is 61.1 Å². The van der Waals surface area contributed by atoms with Gasteiger partial charge >= 0.3 is 0 Å². The van der Waals surface area contributed by atoms with Crippen molar-refractivity contribution in [3.8, 4) is 0 Å². The SMILES string of the molecule is CC(C)C1CCCCC1NC1CC(c2ccc(Cl)cc2)C1. The Morgan fingerprint density at radius 3 is 2.38 bits per heavy atom. The number of nitrogens with one attached hydrogen (secondary N) is 1. The lowest BCUT2D eigenvalue weighted by Crippen LogP contribution is -2.50. The number of benzene rings is 1. The molecule has 0 amide bonds. The van der Waals surface area contributed by atoms with Gasteiger partial charge in [-0.3, -0.25) is 0 Å². The maximum atomic E-state index is 5.97. The van der Waals surface area contributed by atoms with E-state index in [9.17, 15) is 0 Å². The van der Waals surface area contributed by atoms with Crippen molar-refractivity contribution >= 4 is 11.6 Å². The van der Waals surface area contributed by atoms with Gasteiger partial charge < -0.3 is 5.32 Å². The van der Waals surface area contributed by atoms with E-state index in [1.54, 1.807) is 0 Å². The lowest BCUT2D eigenvalue weighted by Gasteiger charge is -2.43. The molecule has 2 atom stereocenters. The molecule has 21 heavy (non-hydrogen) atoms. The van der Waals surface area contributed by atoms with Crippen LogP contribution in [0.25, 0.3) is 0 Å². The van der Waals surface area contributed by atoms with E-state index in [1.165, 1.54) is 44.1 Å². The van der Waals surface area contributed by atoms with Crippen LogP contribution < -0.4 is 5.32 Å². The van der Waals surface area contributed by atoms with Crippen molar-refractivity contribution in [2.75, 3.05) is 0 Å². The predicted molar refractivity (Wildman–Crippen MR) is 90.9 cm³/mol. The topological polar surface area (TPSA) is 12.0 Å². The fourth-order valence-electron chi connectivity index (χ4n) is 4.23. The summed E-state index contributed by atoms with van der Waals surface area (Å²) >= 11 is 5.97. The van der Waals surface area contributed by atoms with Crippen molar-refractivity contribution in [2.45, 2.75) is 70.4 Å². The van der Waals surface area contributed by atoms with E-state index in [0.29, 0.717) is 0 Å². The Kier molecular flexibility index (Phi) is 4.91. The Morgan fingerprint density at radius 1 is 1.05 bits per heavy atom. The molecule has 0 aromatic heterocycles. The van der Waals surface area contributed by atoms with Gasteiger partial charge in [-0.1, -0.05) is 50.4 Å². The van der Waals surface area contributed by atoms with Crippen LogP contribution in [-0.4, -0.2) is 12.1 Å². The fraction of sp³-hybridized carbons (Fsp3) is 0.684. The molecule has 2 unspecified atom stereocenters. The zero-order valence-corrected chi connectivity index (χ0v) is 14.1. The largest absolute Gasteiger partial charge is 0.311 e. The first-order valence-corrected chi connectivity index (χ1v) is 9.03. The van der Waals surface area contributed by atoms with E-state index in [1.807, 2.05) is 12.1 Å². The van der Waals surface area contributed by atoms with Crippen molar-refractivity contribution in [1.29, 1.82) is 0 Å². The fourth-order valence-corrected chi connectivity index (χ4v) is 4.35. The van der Waals surface area contributed by atoms with Crippen molar-refractivity contribution in [3.05, 3.63) is 34.9 Å². The summed E-state index contributed by atoms with van der Waals surface area (Å²) in [7, 11) is 0. The minimum Gasteiger partial charge on any atom is -0.311 e. The van der Waals surface area contributed by atoms with Crippen molar-refractivity contribution < 1.29 is 0 Å². The summed E-state index contributed by atoms with van der Waals surface area (Å²) in [6.45, 7) is 4.78. The standard InChI is InChI=1S/C19H28ClN/c1-13(2)18-5-3-4-6-19(18)21-17-11-15(12-17)14-7-9-16(20)10-8-14/h7-10,13,15,17-19,21H,3-6,11-12H2,1-2H3. The van der Waals surface area contributed by atoms with Crippen molar-refractivity contribution in [1.82, 2.24) is 5.32 Å². The maximum absolute atomic E-state index is 5.97. The summed E-state index contributed by atoms with van der Waals surface area (Å²) in [6.07, 6.45) is 8.23. The molecule has 0 spiro atoms. The molecule has 0 saturated heterocycles. The van der Waals surface area contributed by atoms with Gasteiger partial charge in [0.1, 0.15) is 0 Å². The highest BCUT2D eigenvalue weighted by atomic mass is 35.5. The maximum Gasteiger partial charge on any atom is 0.0406 e. The summed E-state index contributed by atoms with van der Waals surface area (Å²) in [4.78, 5) is 0. The zero-order valence-electron chi connectivity index (χ0n) is 13.3. The second-order valence-electron chi connectivity index (χ2n) is 7.38. The molecule has 1 aromatic carbocycles. The van der Waals surface area contributed by atoms with Crippen LogP contribution in [0.2, 0.25) is 5.02 Å². The highest BCUT2D eigenvalue weighted by Gasteiger charge is 2.35. The molecule has 116 valence electrons. The van der Waals surface area contributed by atoms with Crippen molar-refractivity contribution in [3.63, 3.8) is 0 Å². The molecule has 2 aliphatic rings. The first-order chi connectivity index (χ1) is 10.1. The molecule has 2 heteroatoms. The molecule has 2 saturated carbocycles. The van der Waals surface area contributed by atoms with Crippen LogP contribution in [-0.2, 0) is 0 Å². The van der Waals surface area contributed by atoms with Gasteiger partial charge in [0.25, 0.3) is 0 Å². The second kappa shape index (κ2) is 6.71. The second-order valence-corrected chi connectivity index (χ2v) is 7.82. The van der Waals surface area contributed by atoms with Gasteiger partial charge in [-0.2, -0.15) is 0 Å². The summed E-state index contributed by atoms with van der Waals surface area (Å²) in [5.41, 5.74) is 1.46. The van der Waals surface area contributed by atoms with Crippen molar-refractivity contribution in [2.24, 2.45) is 11.8 Å². The van der Waals surface area contributed by atoms with Gasteiger partial charge in [-0.15, -0.1) is 0 Å². The molecular weight excluding hydrogens is 278 g/mol. The molecule has 0 aliphatic heterocycles. The van der Waals surface area contributed by atoms with Crippen LogP contribution in [0.5, 0.6) is 0 Å². The Morgan fingerprint density at radius 2 is 1.71 bits per heavy atom. The van der Waals surface area contributed by atoms with E-state index >= 15 is 0 Å². The highest BCUT2D eigenvalue weighted by molar-refractivity contribution is 6.30. The Bertz CT molecular complexity index is 447. The number of hydrogen-bond donors (Lipinski definition) is 1. The van der Waals surface area contributed by atoms with Gasteiger partial charge in [0.15, 0.2) is 0 Å². The molecule has 3 rings (SSSR count). The molecular formula is C19H28ClN. The van der Waals surface area contributed by atoms with Crippen LogP contribution in [0.3, 0.4) is 0 Å². The number of rotatable bonds is 4. The van der Waals surface area contributed by atoms with Gasteiger partial charge in [0, 0.05) is 17.1 Å². The third-order valence-corrected chi connectivity index (χ3v) is 5.86. The summed E-state index contributed by atoms with van der Waals surface area (Å²) in [5.74, 6) is 2.43. The monoisotopic (exact) mass is 305 g/mol. The number of hydrogen-bond acceptors (Lipinski definition) is 1. The quantitative estimate of drug-likeness (QED) is 0.786. The summed E-state index contributed by atoms with van der Waals surface area (Å²) in [5, 5.41) is 4.81. The van der Waals surface area contributed by atoms with Gasteiger partial charge in [0.2, 0.25) is 0 Å². The third kappa shape index (κ3) is 3.63. The van der Waals surface area contributed by atoms with Crippen LogP contribution in [0.4, 0.5) is 0 Å². The number of halogens is 1. The van der Waals surface area contributed by atoms with E-state index in [4.69, 9.17) is 11.6 Å². The normalized spacial score (nSPS) is 33.0. The molecule has 1 N–H and O–H groups in total. The van der Waals surface area contributed by atoms with Gasteiger partial charge in [0.05, 0.1) is 0 Å². The van der Waals surface area contributed by atoms with E-state index < -0.39 is 0 Å². The average Bonchev–Trinajstić information content (AvgIpc) is 2.44. The Hall–Kier alpha value is -0.530. The van der Waals surface area contributed by atoms with Gasteiger partial charge in [-0.25, -0.2) is 0 Å². The van der Waals surface area contributed by atoms with Crippen LogP contribution in [0.1, 0.15) is 63.9 Å². The highest BCUT2D eigenvalue weighted by Crippen LogP contribution is 2.39. The zero-order chi connectivity index (χ0) is 14.8. The third-order valence-electron chi connectivity index (χ3n) is 5.60. The molecule has 0 heterocycles. The smallest absolute Gasteiger partial charge is 0.0406 e. The lowest BCUT2D eigenvalue weighted by molar-refractivity contribution is 0.160. The van der Waals surface area contributed by atoms with Crippen LogP contribution in [0, 0.1) is 11.8 Å². The molecule has 0 bridgehead atoms. The van der Waals surface area contributed by atoms with E-state index in [2.05, 4.69) is 31.3 Å². The lowest BCUT2D eigenvalue weighted by atomic mass is 9.73.